The number of hydrogen-bond acceptors (Lipinski definition) is 4. The molecule has 1 atom stereocenters. The smallest absolute Gasteiger partial charge is 0.321 e. The van der Waals surface area contributed by atoms with Crippen LogP contribution in [0, 0.1) is 0 Å². The molecule has 0 radical (unpaired) electrons. The molecule has 0 fully saturated rings. The lowest BCUT2D eigenvalue weighted by molar-refractivity contribution is -0.121. The van der Waals surface area contributed by atoms with E-state index in [1.165, 1.54) is 0 Å². The number of para-hydroxylation sites is 1. The van der Waals surface area contributed by atoms with Gasteiger partial charge in [-0.2, -0.15) is 0 Å². The Kier molecular flexibility index (Phi) is 5.16. The van der Waals surface area contributed by atoms with Gasteiger partial charge in [-0.3, -0.25) is 10.1 Å². The number of carbonyl (C=O) groups excluding carboxylic acids is 2. The van der Waals surface area contributed by atoms with E-state index in [0.29, 0.717) is 6.54 Å². The van der Waals surface area contributed by atoms with Gasteiger partial charge in [0.2, 0.25) is 5.91 Å². The number of rotatable bonds is 3. The zero-order chi connectivity index (χ0) is 15.2. The van der Waals surface area contributed by atoms with Crippen molar-refractivity contribution in [1.82, 2.24) is 16.0 Å². The van der Waals surface area contributed by atoms with E-state index in [1.54, 1.807) is 0 Å². The summed E-state index contributed by atoms with van der Waals surface area (Å²) in [4.78, 5) is 25.7. The van der Waals surface area contributed by atoms with Crippen molar-refractivity contribution in [1.29, 1.82) is 0 Å². The van der Waals surface area contributed by atoms with Crippen molar-refractivity contribution < 1.29 is 9.59 Å². The monoisotopic (exact) mass is 290 g/mol. The summed E-state index contributed by atoms with van der Waals surface area (Å²) >= 11 is 0. The normalized spacial score (nSPS) is 15.6. The third kappa shape index (κ3) is 3.72. The second kappa shape index (κ2) is 7.08. The van der Waals surface area contributed by atoms with Crippen LogP contribution in [-0.4, -0.2) is 37.6 Å². The highest BCUT2D eigenvalue weighted by Gasteiger charge is 2.25. The molecule has 21 heavy (non-hydrogen) atoms. The first-order chi connectivity index (χ1) is 10.1. The van der Waals surface area contributed by atoms with E-state index < -0.39 is 12.1 Å². The number of urea groups is 1. The van der Waals surface area contributed by atoms with E-state index in [4.69, 9.17) is 0 Å². The maximum absolute atomic E-state index is 12.2. The number of nitrogens with one attached hydrogen (secondary N) is 3. The van der Waals surface area contributed by atoms with Crippen molar-refractivity contribution in [3.8, 4) is 0 Å². The van der Waals surface area contributed by atoms with Crippen molar-refractivity contribution in [2.45, 2.75) is 26.4 Å². The van der Waals surface area contributed by atoms with Crippen molar-refractivity contribution in [2.24, 2.45) is 0 Å². The molecule has 0 spiro atoms. The number of fused-ring (bicyclic) bond motifs is 1. The summed E-state index contributed by atoms with van der Waals surface area (Å²) in [6.45, 7) is 6.43. The van der Waals surface area contributed by atoms with E-state index in [9.17, 15) is 9.59 Å². The summed E-state index contributed by atoms with van der Waals surface area (Å²) < 4.78 is 0. The lowest BCUT2D eigenvalue weighted by atomic mass is 10.1. The van der Waals surface area contributed by atoms with Crippen molar-refractivity contribution in [3.05, 3.63) is 29.8 Å². The molecule has 0 saturated heterocycles. The number of carbonyl (C=O) groups is 2. The lowest BCUT2D eigenvalue weighted by Gasteiger charge is -2.30. The number of anilines is 1. The van der Waals surface area contributed by atoms with Crippen LogP contribution in [-0.2, 0) is 11.3 Å². The predicted octanol–water partition coefficient (Wildman–Crippen LogP) is 0.830. The van der Waals surface area contributed by atoms with Gasteiger partial charge < -0.3 is 15.5 Å². The fourth-order valence-electron chi connectivity index (χ4n) is 2.45. The first-order valence-electron chi connectivity index (χ1n) is 7.27. The fraction of sp³-hybridized carbons (Fsp3) is 0.467. The Bertz CT molecular complexity index is 518. The Balaban J connectivity index is 2.13. The minimum Gasteiger partial charge on any atom is -0.358 e. The summed E-state index contributed by atoms with van der Waals surface area (Å²) in [5.74, 6) is -0.294. The number of hydrogen-bond donors (Lipinski definition) is 3. The van der Waals surface area contributed by atoms with Gasteiger partial charge in [0.15, 0.2) is 0 Å². The molecule has 6 nitrogen and oxygen atoms in total. The van der Waals surface area contributed by atoms with Crippen molar-refractivity contribution >= 4 is 17.6 Å². The second-order valence-corrected chi connectivity index (χ2v) is 5.02. The molecule has 0 aliphatic carbocycles. The van der Waals surface area contributed by atoms with E-state index >= 15 is 0 Å². The maximum atomic E-state index is 12.2. The van der Waals surface area contributed by atoms with E-state index in [0.717, 1.165) is 30.9 Å². The molecule has 3 N–H and O–H groups in total. The van der Waals surface area contributed by atoms with Gasteiger partial charge in [-0.05, 0) is 25.5 Å². The lowest BCUT2D eigenvalue weighted by Crippen LogP contribution is -2.50. The molecule has 1 unspecified atom stereocenters. The number of amides is 3. The van der Waals surface area contributed by atoms with Gasteiger partial charge in [0.25, 0.3) is 0 Å². The Morgan fingerprint density at radius 3 is 2.90 bits per heavy atom. The maximum Gasteiger partial charge on any atom is 0.321 e. The van der Waals surface area contributed by atoms with Gasteiger partial charge in [-0.25, -0.2) is 4.79 Å². The molecule has 1 aromatic carbocycles. The number of benzene rings is 1. The van der Waals surface area contributed by atoms with Crippen LogP contribution in [0.1, 0.15) is 19.4 Å². The minimum atomic E-state index is -0.449. The molecular formula is C15H22N4O2. The van der Waals surface area contributed by atoms with Gasteiger partial charge in [0.05, 0.1) is 0 Å². The van der Waals surface area contributed by atoms with Crippen LogP contribution >= 0.6 is 0 Å². The van der Waals surface area contributed by atoms with Crippen LogP contribution in [0.4, 0.5) is 10.5 Å². The van der Waals surface area contributed by atoms with Gasteiger partial charge in [0, 0.05) is 31.9 Å². The summed E-state index contributed by atoms with van der Waals surface area (Å²) in [6.07, 6.45) is 0. The third-order valence-corrected chi connectivity index (χ3v) is 3.57. The molecule has 1 aromatic rings. The van der Waals surface area contributed by atoms with Crippen LogP contribution in [0.25, 0.3) is 0 Å². The highest BCUT2D eigenvalue weighted by Crippen LogP contribution is 2.24. The number of nitrogens with zero attached hydrogens (tertiary/aromatic N) is 1. The molecule has 3 amide bonds. The van der Waals surface area contributed by atoms with Crippen LogP contribution in [0.5, 0.6) is 0 Å². The quantitative estimate of drug-likeness (QED) is 0.771. The van der Waals surface area contributed by atoms with Crippen LogP contribution in [0.15, 0.2) is 24.3 Å². The van der Waals surface area contributed by atoms with Crippen LogP contribution in [0.3, 0.4) is 0 Å². The largest absolute Gasteiger partial charge is 0.358 e. The van der Waals surface area contributed by atoms with Crippen molar-refractivity contribution in [3.63, 3.8) is 0 Å². The van der Waals surface area contributed by atoms with Gasteiger partial charge >= 0.3 is 6.03 Å². The fourth-order valence-corrected chi connectivity index (χ4v) is 2.45. The third-order valence-electron chi connectivity index (χ3n) is 3.57. The zero-order valence-electron chi connectivity index (χ0n) is 12.5. The van der Waals surface area contributed by atoms with Crippen LogP contribution in [0.2, 0.25) is 0 Å². The number of imide groups is 1. The molecule has 6 heteroatoms. The first-order valence-corrected chi connectivity index (χ1v) is 7.27. The Labute approximate surface area is 124 Å². The molecule has 2 rings (SSSR count). The SMILES string of the molecule is CCNC(=O)NC(=O)C(C)N1CCNCc2ccccc21. The summed E-state index contributed by atoms with van der Waals surface area (Å²) in [7, 11) is 0. The topological polar surface area (TPSA) is 73.5 Å². The van der Waals surface area contributed by atoms with E-state index in [-0.39, 0.29) is 5.91 Å². The van der Waals surface area contributed by atoms with Crippen LogP contribution < -0.4 is 20.9 Å². The predicted molar refractivity (Wildman–Crippen MR) is 82.2 cm³/mol. The van der Waals surface area contributed by atoms with Gasteiger partial charge in [0.1, 0.15) is 6.04 Å². The first kappa shape index (κ1) is 15.3. The highest BCUT2D eigenvalue weighted by molar-refractivity contribution is 5.98. The second-order valence-electron chi connectivity index (χ2n) is 5.02. The van der Waals surface area contributed by atoms with Gasteiger partial charge in [-0.1, -0.05) is 18.2 Å². The summed E-state index contributed by atoms with van der Waals surface area (Å²) in [5, 5.41) is 8.28. The highest BCUT2D eigenvalue weighted by atomic mass is 16.2. The van der Waals surface area contributed by atoms with Gasteiger partial charge in [-0.15, -0.1) is 0 Å². The molecule has 1 aliphatic rings. The molecular weight excluding hydrogens is 268 g/mol. The van der Waals surface area contributed by atoms with Crippen molar-refractivity contribution in [2.75, 3.05) is 24.5 Å². The summed E-state index contributed by atoms with van der Waals surface area (Å²) in [5.41, 5.74) is 2.20. The molecule has 0 bridgehead atoms. The molecule has 1 aliphatic heterocycles. The molecule has 1 heterocycles. The molecule has 0 saturated carbocycles. The Morgan fingerprint density at radius 2 is 2.14 bits per heavy atom. The average molecular weight is 290 g/mol. The van der Waals surface area contributed by atoms with E-state index in [2.05, 4.69) is 22.0 Å². The average Bonchev–Trinajstić information content (AvgIpc) is 2.69. The Morgan fingerprint density at radius 1 is 1.38 bits per heavy atom. The standard InChI is InChI=1S/C15H22N4O2/c1-3-17-15(21)18-14(20)11(2)19-9-8-16-10-12-6-4-5-7-13(12)19/h4-7,11,16H,3,8-10H2,1-2H3,(H2,17,18,20,21). The minimum absolute atomic E-state index is 0.294. The molecule has 0 aromatic heterocycles. The molecule has 114 valence electrons. The summed E-state index contributed by atoms with van der Waals surface area (Å²) in [6, 6.07) is 7.16. The Hall–Kier alpha value is -2.08. The zero-order valence-corrected chi connectivity index (χ0v) is 12.5. The van der Waals surface area contributed by atoms with E-state index in [1.807, 2.05) is 36.9 Å².